The molecule has 2 heterocycles. The SMILES string of the molecule is CC(C)c1[nH]ncc1C(=O)N1CCC(O)(c2ccccc2Cl)CC1. The molecule has 3 rings (SSSR count). The Bertz CT molecular complexity index is 733. The monoisotopic (exact) mass is 347 g/mol. The number of nitrogens with zero attached hydrogens (tertiary/aromatic N) is 2. The van der Waals surface area contributed by atoms with Crippen LogP contribution in [0.15, 0.2) is 30.5 Å². The summed E-state index contributed by atoms with van der Waals surface area (Å²) < 4.78 is 0. The van der Waals surface area contributed by atoms with E-state index in [4.69, 9.17) is 11.6 Å². The van der Waals surface area contributed by atoms with Gasteiger partial charge in [-0.25, -0.2) is 0 Å². The minimum atomic E-state index is -0.980. The summed E-state index contributed by atoms with van der Waals surface area (Å²) in [5.74, 6) is 0.171. The second kappa shape index (κ2) is 6.57. The number of halogens is 1. The van der Waals surface area contributed by atoms with Crippen LogP contribution >= 0.6 is 11.6 Å². The number of amides is 1. The number of benzene rings is 1. The third-order valence-electron chi connectivity index (χ3n) is 4.73. The van der Waals surface area contributed by atoms with Gasteiger partial charge in [0.15, 0.2) is 0 Å². The van der Waals surface area contributed by atoms with Crippen molar-refractivity contribution in [1.29, 1.82) is 0 Å². The Morgan fingerprint density at radius 1 is 1.33 bits per heavy atom. The summed E-state index contributed by atoms with van der Waals surface area (Å²) in [7, 11) is 0. The van der Waals surface area contributed by atoms with Crippen LogP contribution in [0.3, 0.4) is 0 Å². The summed E-state index contributed by atoms with van der Waals surface area (Å²) in [6, 6.07) is 7.36. The van der Waals surface area contributed by atoms with Crippen LogP contribution in [0.25, 0.3) is 0 Å². The number of nitrogens with one attached hydrogen (secondary N) is 1. The second-order valence-electron chi connectivity index (χ2n) is 6.66. The molecule has 0 unspecified atom stereocenters. The maximum absolute atomic E-state index is 12.8. The van der Waals surface area contributed by atoms with E-state index >= 15 is 0 Å². The van der Waals surface area contributed by atoms with Gasteiger partial charge in [-0.3, -0.25) is 9.89 Å². The Hall–Kier alpha value is -1.85. The normalized spacial score (nSPS) is 17.3. The first-order valence-electron chi connectivity index (χ1n) is 8.22. The number of hydrogen-bond acceptors (Lipinski definition) is 3. The number of aromatic amines is 1. The standard InChI is InChI=1S/C18H22ClN3O2/c1-12(2)16-13(11-20-21-16)17(23)22-9-7-18(24,8-10-22)14-5-3-4-6-15(14)19/h3-6,11-12,24H,7-10H2,1-2H3,(H,20,21). The van der Waals surface area contributed by atoms with Crippen molar-refractivity contribution in [3.05, 3.63) is 52.3 Å². The molecule has 1 aliphatic heterocycles. The zero-order valence-electron chi connectivity index (χ0n) is 13.9. The fourth-order valence-corrected chi connectivity index (χ4v) is 3.58. The van der Waals surface area contributed by atoms with E-state index in [2.05, 4.69) is 10.2 Å². The van der Waals surface area contributed by atoms with Crippen LogP contribution in [0.4, 0.5) is 0 Å². The van der Waals surface area contributed by atoms with Gasteiger partial charge in [0.1, 0.15) is 0 Å². The molecule has 1 aromatic carbocycles. The second-order valence-corrected chi connectivity index (χ2v) is 7.06. The van der Waals surface area contributed by atoms with Crippen LogP contribution in [-0.2, 0) is 5.60 Å². The molecule has 0 bridgehead atoms. The molecule has 1 fully saturated rings. The van der Waals surface area contributed by atoms with E-state index in [1.54, 1.807) is 17.2 Å². The zero-order chi connectivity index (χ0) is 17.3. The fourth-order valence-electron chi connectivity index (χ4n) is 3.26. The van der Waals surface area contributed by atoms with Crippen molar-refractivity contribution in [3.8, 4) is 0 Å². The minimum absolute atomic E-state index is 0.0336. The Labute approximate surface area is 146 Å². The van der Waals surface area contributed by atoms with Gasteiger partial charge in [0.2, 0.25) is 0 Å². The van der Waals surface area contributed by atoms with Crippen LogP contribution in [0.1, 0.15) is 54.2 Å². The number of H-pyrrole nitrogens is 1. The number of aliphatic hydroxyl groups is 1. The summed E-state index contributed by atoms with van der Waals surface area (Å²) in [5, 5.41) is 18.4. The van der Waals surface area contributed by atoms with Crippen LogP contribution < -0.4 is 0 Å². The summed E-state index contributed by atoms with van der Waals surface area (Å²) in [6.45, 7) is 5.03. The highest BCUT2D eigenvalue weighted by Crippen LogP contribution is 2.37. The van der Waals surface area contributed by atoms with Crippen molar-refractivity contribution < 1.29 is 9.90 Å². The molecule has 0 aliphatic carbocycles. The van der Waals surface area contributed by atoms with Crippen LogP contribution in [0.5, 0.6) is 0 Å². The predicted molar refractivity (Wildman–Crippen MR) is 93.2 cm³/mol. The van der Waals surface area contributed by atoms with Crippen molar-refractivity contribution >= 4 is 17.5 Å². The molecule has 0 spiro atoms. The van der Waals surface area contributed by atoms with Gasteiger partial charge < -0.3 is 10.0 Å². The lowest BCUT2D eigenvalue weighted by molar-refractivity contribution is -0.0210. The van der Waals surface area contributed by atoms with E-state index in [-0.39, 0.29) is 11.8 Å². The van der Waals surface area contributed by atoms with Gasteiger partial charge in [0.25, 0.3) is 5.91 Å². The largest absolute Gasteiger partial charge is 0.385 e. The average molecular weight is 348 g/mol. The Balaban J connectivity index is 1.74. The topological polar surface area (TPSA) is 69.2 Å². The molecular formula is C18H22ClN3O2. The molecular weight excluding hydrogens is 326 g/mol. The highest BCUT2D eigenvalue weighted by atomic mass is 35.5. The quantitative estimate of drug-likeness (QED) is 0.895. The number of carbonyl (C=O) groups is 1. The van der Waals surface area contributed by atoms with E-state index < -0.39 is 5.60 Å². The van der Waals surface area contributed by atoms with E-state index in [9.17, 15) is 9.90 Å². The Morgan fingerprint density at radius 3 is 2.62 bits per heavy atom. The number of hydrogen-bond donors (Lipinski definition) is 2. The number of piperidine rings is 1. The first kappa shape index (κ1) is 17.0. The third kappa shape index (κ3) is 3.06. The van der Waals surface area contributed by atoms with Crippen molar-refractivity contribution in [1.82, 2.24) is 15.1 Å². The highest BCUT2D eigenvalue weighted by molar-refractivity contribution is 6.31. The Morgan fingerprint density at radius 2 is 2.00 bits per heavy atom. The molecule has 1 amide bonds. The van der Waals surface area contributed by atoms with E-state index in [1.807, 2.05) is 32.0 Å². The molecule has 5 nitrogen and oxygen atoms in total. The summed E-state index contributed by atoms with van der Waals surface area (Å²) >= 11 is 6.23. The molecule has 128 valence electrons. The summed E-state index contributed by atoms with van der Waals surface area (Å²) in [6.07, 6.45) is 2.53. The molecule has 0 radical (unpaired) electrons. The van der Waals surface area contributed by atoms with Gasteiger partial charge in [0.05, 0.1) is 23.1 Å². The molecule has 6 heteroatoms. The van der Waals surface area contributed by atoms with Crippen LogP contribution in [0.2, 0.25) is 5.02 Å². The lowest BCUT2D eigenvalue weighted by atomic mass is 9.84. The van der Waals surface area contributed by atoms with Crippen molar-refractivity contribution in [2.24, 2.45) is 0 Å². The minimum Gasteiger partial charge on any atom is -0.385 e. The van der Waals surface area contributed by atoms with Gasteiger partial charge in [-0.1, -0.05) is 43.6 Å². The van der Waals surface area contributed by atoms with Gasteiger partial charge >= 0.3 is 0 Å². The molecule has 24 heavy (non-hydrogen) atoms. The fraction of sp³-hybridized carbons (Fsp3) is 0.444. The molecule has 1 aliphatic rings. The van der Waals surface area contributed by atoms with Crippen molar-refractivity contribution in [2.75, 3.05) is 13.1 Å². The van der Waals surface area contributed by atoms with Crippen LogP contribution in [0, 0.1) is 0 Å². The molecule has 1 aromatic heterocycles. The molecule has 0 atom stereocenters. The Kier molecular flexibility index (Phi) is 4.65. The third-order valence-corrected chi connectivity index (χ3v) is 5.06. The lowest BCUT2D eigenvalue weighted by Crippen LogP contribution is -2.45. The number of carbonyl (C=O) groups excluding carboxylic acids is 1. The van der Waals surface area contributed by atoms with E-state index in [0.717, 1.165) is 11.3 Å². The smallest absolute Gasteiger partial charge is 0.257 e. The zero-order valence-corrected chi connectivity index (χ0v) is 14.7. The first-order chi connectivity index (χ1) is 11.4. The van der Waals surface area contributed by atoms with Crippen LogP contribution in [-0.4, -0.2) is 39.2 Å². The van der Waals surface area contributed by atoms with Gasteiger partial charge in [-0.05, 0) is 24.8 Å². The van der Waals surface area contributed by atoms with Crippen molar-refractivity contribution in [3.63, 3.8) is 0 Å². The average Bonchev–Trinajstić information content (AvgIpc) is 3.05. The van der Waals surface area contributed by atoms with Gasteiger partial charge in [-0.15, -0.1) is 0 Å². The maximum Gasteiger partial charge on any atom is 0.257 e. The van der Waals surface area contributed by atoms with Gasteiger partial charge in [-0.2, -0.15) is 5.10 Å². The predicted octanol–water partition coefficient (Wildman–Crippen LogP) is 3.31. The lowest BCUT2D eigenvalue weighted by Gasteiger charge is -2.39. The summed E-state index contributed by atoms with van der Waals surface area (Å²) in [5.41, 5.74) is 1.23. The summed E-state index contributed by atoms with van der Waals surface area (Å²) in [4.78, 5) is 14.5. The number of likely N-dealkylation sites (tertiary alicyclic amines) is 1. The van der Waals surface area contributed by atoms with E-state index in [1.165, 1.54) is 0 Å². The van der Waals surface area contributed by atoms with Gasteiger partial charge in [0, 0.05) is 23.7 Å². The number of rotatable bonds is 3. The number of aromatic nitrogens is 2. The molecule has 2 aromatic rings. The molecule has 0 saturated carbocycles. The maximum atomic E-state index is 12.8. The highest BCUT2D eigenvalue weighted by Gasteiger charge is 2.37. The van der Waals surface area contributed by atoms with E-state index in [0.29, 0.717) is 36.5 Å². The molecule has 1 saturated heterocycles. The molecule has 2 N–H and O–H groups in total. The first-order valence-corrected chi connectivity index (χ1v) is 8.60. The van der Waals surface area contributed by atoms with Crippen molar-refractivity contribution in [2.45, 2.75) is 38.2 Å².